The molecule has 1 aromatic carbocycles. The quantitative estimate of drug-likeness (QED) is 0.822. The van der Waals surface area contributed by atoms with E-state index in [0.29, 0.717) is 23.4 Å². The standard InChI is InChI=1S/C14H17N3OS/c15-14(19)10-1-3-11(4-2-10)16-7-8-17-12(9-16)5-6-13(17)18/h1-4,12H,5-9H2,(H2,15,19). The van der Waals surface area contributed by atoms with Crippen molar-refractivity contribution in [3.8, 4) is 0 Å². The second kappa shape index (κ2) is 4.81. The smallest absolute Gasteiger partial charge is 0.223 e. The highest BCUT2D eigenvalue weighted by Crippen LogP contribution is 2.26. The number of benzene rings is 1. The van der Waals surface area contributed by atoms with Crippen LogP contribution < -0.4 is 10.6 Å². The fourth-order valence-corrected chi connectivity index (χ4v) is 3.07. The molecule has 4 nitrogen and oxygen atoms in total. The zero-order valence-corrected chi connectivity index (χ0v) is 11.5. The summed E-state index contributed by atoms with van der Waals surface area (Å²) in [6.07, 6.45) is 1.69. The molecule has 19 heavy (non-hydrogen) atoms. The highest BCUT2D eigenvalue weighted by molar-refractivity contribution is 7.80. The van der Waals surface area contributed by atoms with Crippen LogP contribution in [-0.2, 0) is 4.79 Å². The first-order valence-corrected chi connectivity index (χ1v) is 7.00. The number of hydrogen-bond acceptors (Lipinski definition) is 3. The number of fused-ring (bicyclic) bond motifs is 1. The van der Waals surface area contributed by atoms with E-state index >= 15 is 0 Å². The minimum Gasteiger partial charge on any atom is -0.389 e. The second-order valence-corrected chi connectivity index (χ2v) is 5.58. The van der Waals surface area contributed by atoms with Gasteiger partial charge in [0.25, 0.3) is 0 Å². The summed E-state index contributed by atoms with van der Waals surface area (Å²) in [4.78, 5) is 16.4. The maximum Gasteiger partial charge on any atom is 0.223 e. The normalized spacial score (nSPS) is 22.5. The van der Waals surface area contributed by atoms with Crippen molar-refractivity contribution in [1.82, 2.24) is 4.90 Å². The molecule has 5 heteroatoms. The van der Waals surface area contributed by atoms with Crippen LogP contribution in [0.2, 0.25) is 0 Å². The average molecular weight is 275 g/mol. The van der Waals surface area contributed by atoms with Crippen molar-refractivity contribution in [2.75, 3.05) is 24.5 Å². The molecule has 0 aliphatic carbocycles. The third-order valence-electron chi connectivity index (χ3n) is 4.01. The first-order valence-electron chi connectivity index (χ1n) is 6.59. The number of rotatable bonds is 2. The predicted molar refractivity (Wildman–Crippen MR) is 79.3 cm³/mol. The summed E-state index contributed by atoms with van der Waals surface area (Å²) >= 11 is 4.96. The molecule has 100 valence electrons. The minimum absolute atomic E-state index is 0.313. The van der Waals surface area contributed by atoms with E-state index in [-0.39, 0.29) is 0 Å². The van der Waals surface area contributed by atoms with Crippen LogP contribution in [-0.4, -0.2) is 41.5 Å². The summed E-state index contributed by atoms with van der Waals surface area (Å²) in [5.74, 6) is 0.313. The average Bonchev–Trinajstić information content (AvgIpc) is 2.80. The Kier molecular flexibility index (Phi) is 3.14. The molecule has 2 fully saturated rings. The summed E-state index contributed by atoms with van der Waals surface area (Å²) < 4.78 is 0. The Hall–Kier alpha value is -1.62. The number of nitrogens with zero attached hydrogens (tertiary/aromatic N) is 2. The van der Waals surface area contributed by atoms with Crippen molar-refractivity contribution in [2.45, 2.75) is 18.9 Å². The first kappa shape index (κ1) is 12.4. The highest BCUT2D eigenvalue weighted by Gasteiger charge is 2.35. The SMILES string of the molecule is NC(=S)c1ccc(N2CCN3C(=O)CCC3C2)cc1. The van der Waals surface area contributed by atoms with Crippen LogP contribution in [0.1, 0.15) is 18.4 Å². The van der Waals surface area contributed by atoms with Gasteiger partial charge in [-0.1, -0.05) is 12.2 Å². The molecule has 1 amide bonds. The lowest BCUT2D eigenvalue weighted by Crippen LogP contribution is -2.51. The van der Waals surface area contributed by atoms with Crippen molar-refractivity contribution in [2.24, 2.45) is 5.73 Å². The van der Waals surface area contributed by atoms with Crippen molar-refractivity contribution < 1.29 is 4.79 Å². The van der Waals surface area contributed by atoms with E-state index in [1.54, 1.807) is 0 Å². The van der Waals surface area contributed by atoms with E-state index in [2.05, 4.69) is 17.0 Å². The van der Waals surface area contributed by atoms with E-state index < -0.39 is 0 Å². The van der Waals surface area contributed by atoms with E-state index in [0.717, 1.165) is 31.6 Å². The molecule has 2 N–H and O–H groups in total. The second-order valence-electron chi connectivity index (χ2n) is 5.14. The summed E-state index contributed by atoms with van der Waals surface area (Å²) in [6.45, 7) is 2.66. The van der Waals surface area contributed by atoms with Crippen LogP contribution in [0.3, 0.4) is 0 Å². The predicted octanol–water partition coefficient (Wildman–Crippen LogP) is 1.13. The maximum atomic E-state index is 11.7. The molecule has 2 aliphatic heterocycles. The van der Waals surface area contributed by atoms with E-state index in [1.165, 1.54) is 5.69 Å². The monoisotopic (exact) mass is 275 g/mol. The highest BCUT2D eigenvalue weighted by atomic mass is 32.1. The molecule has 2 heterocycles. The van der Waals surface area contributed by atoms with Gasteiger partial charge in [0.1, 0.15) is 4.99 Å². The number of thiocarbonyl (C=S) groups is 1. The molecule has 1 aromatic rings. The number of hydrogen-bond donors (Lipinski definition) is 1. The number of piperazine rings is 1. The Labute approximate surface area is 118 Å². The lowest BCUT2D eigenvalue weighted by molar-refractivity contribution is -0.129. The Balaban J connectivity index is 1.73. The Morgan fingerprint density at radius 2 is 2.00 bits per heavy atom. The van der Waals surface area contributed by atoms with Gasteiger partial charge in [0.2, 0.25) is 5.91 Å². The summed E-state index contributed by atoms with van der Waals surface area (Å²) in [7, 11) is 0. The molecule has 0 saturated carbocycles. The Bertz CT molecular complexity index is 514. The van der Waals surface area contributed by atoms with Crippen LogP contribution in [0, 0.1) is 0 Å². The van der Waals surface area contributed by atoms with Gasteiger partial charge in [-0.2, -0.15) is 0 Å². The van der Waals surface area contributed by atoms with E-state index in [1.807, 2.05) is 17.0 Å². The zero-order valence-electron chi connectivity index (χ0n) is 10.7. The number of carbonyl (C=O) groups excluding carboxylic acids is 1. The molecular weight excluding hydrogens is 258 g/mol. The molecule has 2 aliphatic rings. The molecule has 0 radical (unpaired) electrons. The molecule has 0 bridgehead atoms. The van der Waals surface area contributed by atoms with Crippen molar-refractivity contribution in [3.63, 3.8) is 0 Å². The van der Waals surface area contributed by atoms with Gasteiger partial charge < -0.3 is 15.5 Å². The van der Waals surface area contributed by atoms with Crippen LogP contribution in [0.4, 0.5) is 5.69 Å². The van der Waals surface area contributed by atoms with E-state index in [4.69, 9.17) is 18.0 Å². The summed E-state index contributed by atoms with van der Waals surface area (Å²) in [5, 5.41) is 0. The van der Waals surface area contributed by atoms with Crippen LogP contribution >= 0.6 is 12.2 Å². The largest absolute Gasteiger partial charge is 0.389 e. The minimum atomic E-state index is 0.313. The molecule has 0 aromatic heterocycles. The third-order valence-corrected chi connectivity index (χ3v) is 4.25. The van der Waals surface area contributed by atoms with Gasteiger partial charge in [0, 0.05) is 43.3 Å². The molecular formula is C14H17N3OS. The Morgan fingerprint density at radius 1 is 1.26 bits per heavy atom. The number of amides is 1. The first-order chi connectivity index (χ1) is 9.15. The lowest BCUT2D eigenvalue weighted by Gasteiger charge is -2.38. The Morgan fingerprint density at radius 3 is 2.68 bits per heavy atom. The van der Waals surface area contributed by atoms with Crippen LogP contribution in [0.25, 0.3) is 0 Å². The van der Waals surface area contributed by atoms with Gasteiger partial charge in [-0.3, -0.25) is 4.79 Å². The van der Waals surface area contributed by atoms with Crippen LogP contribution in [0.5, 0.6) is 0 Å². The summed E-state index contributed by atoms with van der Waals surface area (Å²) in [6, 6.07) is 8.42. The number of anilines is 1. The van der Waals surface area contributed by atoms with Gasteiger partial charge in [0.15, 0.2) is 0 Å². The maximum absolute atomic E-state index is 11.7. The topological polar surface area (TPSA) is 49.6 Å². The third kappa shape index (κ3) is 2.30. The van der Waals surface area contributed by atoms with E-state index in [9.17, 15) is 4.79 Å². The fourth-order valence-electron chi connectivity index (χ4n) is 2.94. The van der Waals surface area contributed by atoms with Crippen molar-refractivity contribution in [3.05, 3.63) is 29.8 Å². The van der Waals surface area contributed by atoms with Gasteiger partial charge in [-0.25, -0.2) is 0 Å². The molecule has 0 spiro atoms. The number of carbonyl (C=O) groups is 1. The number of nitrogens with two attached hydrogens (primary N) is 1. The fraction of sp³-hybridized carbons (Fsp3) is 0.429. The van der Waals surface area contributed by atoms with Gasteiger partial charge in [0.05, 0.1) is 0 Å². The molecule has 1 unspecified atom stereocenters. The van der Waals surface area contributed by atoms with Crippen molar-refractivity contribution >= 4 is 28.8 Å². The molecule has 2 saturated heterocycles. The van der Waals surface area contributed by atoms with Crippen molar-refractivity contribution in [1.29, 1.82) is 0 Å². The van der Waals surface area contributed by atoms with Crippen LogP contribution in [0.15, 0.2) is 24.3 Å². The van der Waals surface area contributed by atoms with Gasteiger partial charge in [-0.15, -0.1) is 0 Å². The molecule has 1 atom stereocenters. The van der Waals surface area contributed by atoms with Gasteiger partial charge in [-0.05, 0) is 30.7 Å². The summed E-state index contributed by atoms with van der Waals surface area (Å²) in [5.41, 5.74) is 7.68. The van der Waals surface area contributed by atoms with Gasteiger partial charge >= 0.3 is 0 Å². The molecule has 3 rings (SSSR count). The lowest BCUT2D eigenvalue weighted by atomic mass is 10.1. The zero-order chi connectivity index (χ0) is 13.4.